The van der Waals surface area contributed by atoms with E-state index in [9.17, 15) is 9.59 Å². The van der Waals surface area contributed by atoms with E-state index in [1.807, 2.05) is 20.8 Å². The number of carbonyl (C=O) groups is 1. The van der Waals surface area contributed by atoms with Crippen LogP contribution in [0, 0.1) is 0 Å². The Morgan fingerprint density at radius 1 is 1.26 bits per heavy atom. The fourth-order valence-electron chi connectivity index (χ4n) is 2.32. The van der Waals surface area contributed by atoms with E-state index in [1.165, 1.54) is 16.3 Å². The van der Waals surface area contributed by atoms with Crippen LogP contribution in [0.2, 0.25) is 0 Å². The average Bonchev–Trinajstić information content (AvgIpc) is 3.01. The quantitative estimate of drug-likeness (QED) is 0.641. The summed E-state index contributed by atoms with van der Waals surface area (Å²) >= 11 is 1.18. The Labute approximate surface area is 159 Å². The smallest absolute Gasteiger partial charge is 0.274 e. The Bertz CT molecular complexity index is 1020. The second kappa shape index (κ2) is 7.39. The number of nitrogens with zero attached hydrogens (tertiary/aromatic N) is 4. The van der Waals surface area contributed by atoms with Crippen molar-refractivity contribution in [3.63, 3.8) is 0 Å². The van der Waals surface area contributed by atoms with Gasteiger partial charge in [0.1, 0.15) is 11.4 Å². The molecule has 0 fully saturated rings. The maximum atomic E-state index is 12.2. The summed E-state index contributed by atoms with van der Waals surface area (Å²) in [7, 11) is 1.58. The van der Waals surface area contributed by atoms with Crippen LogP contribution in [-0.2, 0) is 10.2 Å². The first-order valence-electron chi connectivity index (χ1n) is 8.21. The topological polar surface area (TPSA) is 114 Å². The molecule has 2 N–H and O–H groups in total. The van der Waals surface area contributed by atoms with Gasteiger partial charge in [0.15, 0.2) is 0 Å². The number of thioether (sulfide) groups is 1. The highest BCUT2D eigenvalue weighted by molar-refractivity contribution is 7.99. The minimum atomic E-state index is -0.431. The number of anilines is 1. The summed E-state index contributed by atoms with van der Waals surface area (Å²) in [5, 5.41) is 15.5. The molecule has 10 heteroatoms. The molecule has 0 atom stereocenters. The second-order valence-corrected chi connectivity index (χ2v) is 7.78. The van der Waals surface area contributed by atoms with E-state index in [2.05, 4.69) is 25.6 Å². The molecule has 1 aromatic carbocycles. The Morgan fingerprint density at radius 3 is 2.59 bits per heavy atom. The molecule has 2 heterocycles. The first-order chi connectivity index (χ1) is 12.8. The zero-order valence-electron chi connectivity index (χ0n) is 15.4. The molecule has 0 bridgehead atoms. The van der Waals surface area contributed by atoms with E-state index in [0.717, 1.165) is 0 Å². The van der Waals surface area contributed by atoms with Gasteiger partial charge in [0.05, 0.1) is 12.9 Å². The minimum absolute atomic E-state index is 0.123. The zero-order chi connectivity index (χ0) is 19.6. The maximum Gasteiger partial charge on any atom is 0.274 e. The fourth-order valence-corrected chi connectivity index (χ4v) is 3.00. The predicted molar refractivity (Wildman–Crippen MR) is 102 cm³/mol. The van der Waals surface area contributed by atoms with Crippen LogP contribution < -0.4 is 15.6 Å². The SMILES string of the molecule is COc1ccc(NC(=O)CSc2nnc3[nH]c(=O)c(C(C)(C)C)nn23)cc1. The third-order valence-electron chi connectivity index (χ3n) is 3.67. The number of hydrogen-bond donors (Lipinski definition) is 2. The number of hydrogen-bond acceptors (Lipinski definition) is 7. The summed E-state index contributed by atoms with van der Waals surface area (Å²) in [6.07, 6.45) is 0. The van der Waals surface area contributed by atoms with Gasteiger partial charge in [-0.3, -0.25) is 14.6 Å². The van der Waals surface area contributed by atoms with Gasteiger partial charge in [0, 0.05) is 11.1 Å². The van der Waals surface area contributed by atoms with Gasteiger partial charge in [0.2, 0.25) is 11.1 Å². The molecular formula is C17H20N6O3S. The number of nitrogens with one attached hydrogen (secondary N) is 2. The van der Waals surface area contributed by atoms with Gasteiger partial charge in [-0.25, -0.2) is 0 Å². The second-order valence-electron chi connectivity index (χ2n) is 6.84. The van der Waals surface area contributed by atoms with Crippen LogP contribution in [0.15, 0.2) is 34.2 Å². The Kier molecular flexibility index (Phi) is 5.17. The van der Waals surface area contributed by atoms with Crippen molar-refractivity contribution in [1.29, 1.82) is 0 Å². The van der Waals surface area contributed by atoms with Crippen LogP contribution >= 0.6 is 11.8 Å². The lowest BCUT2D eigenvalue weighted by molar-refractivity contribution is -0.113. The van der Waals surface area contributed by atoms with Crippen molar-refractivity contribution in [3.8, 4) is 5.75 Å². The highest BCUT2D eigenvalue weighted by Gasteiger charge is 2.22. The lowest BCUT2D eigenvalue weighted by Gasteiger charge is -2.15. The molecule has 0 aliphatic heterocycles. The van der Waals surface area contributed by atoms with Gasteiger partial charge >= 0.3 is 0 Å². The molecule has 27 heavy (non-hydrogen) atoms. The summed E-state index contributed by atoms with van der Waals surface area (Å²) in [5.41, 5.74) is 0.320. The van der Waals surface area contributed by atoms with Gasteiger partial charge in [-0.15, -0.1) is 10.2 Å². The maximum absolute atomic E-state index is 12.2. The summed E-state index contributed by atoms with van der Waals surface area (Å²) in [5.74, 6) is 0.888. The highest BCUT2D eigenvalue weighted by atomic mass is 32.2. The van der Waals surface area contributed by atoms with E-state index in [0.29, 0.717) is 22.3 Å². The van der Waals surface area contributed by atoms with Gasteiger partial charge in [0.25, 0.3) is 11.3 Å². The molecule has 0 radical (unpaired) electrons. The van der Waals surface area contributed by atoms with Crippen LogP contribution in [0.1, 0.15) is 26.5 Å². The molecule has 0 aliphatic rings. The van der Waals surface area contributed by atoms with Crippen molar-refractivity contribution in [1.82, 2.24) is 24.8 Å². The molecule has 1 amide bonds. The number of benzene rings is 1. The number of methoxy groups -OCH3 is 1. The van der Waals surface area contributed by atoms with Gasteiger partial charge < -0.3 is 10.1 Å². The molecular weight excluding hydrogens is 368 g/mol. The Morgan fingerprint density at radius 2 is 1.96 bits per heavy atom. The van der Waals surface area contributed by atoms with Crippen LogP contribution in [0.4, 0.5) is 5.69 Å². The summed E-state index contributed by atoms with van der Waals surface area (Å²) in [4.78, 5) is 27.0. The van der Waals surface area contributed by atoms with Gasteiger partial charge in [-0.2, -0.15) is 9.61 Å². The van der Waals surface area contributed by atoms with Crippen molar-refractivity contribution in [3.05, 3.63) is 40.3 Å². The van der Waals surface area contributed by atoms with E-state index in [4.69, 9.17) is 4.74 Å². The largest absolute Gasteiger partial charge is 0.497 e. The van der Waals surface area contributed by atoms with Gasteiger partial charge in [-0.05, 0) is 24.3 Å². The van der Waals surface area contributed by atoms with Crippen molar-refractivity contribution in [2.24, 2.45) is 0 Å². The lowest BCUT2D eigenvalue weighted by atomic mass is 9.93. The van der Waals surface area contributed by atoms with Crippen molar-refractivity contribution in [2.75, 3.05) is 18.2 Å². The van der Waals surface area contributed by atoms with Crippen molar-refractivity contribution < 1.29 is 9.53 Å². The number of fused-ring (bicyclic) bond motifs is 1. The summed E-state index contributed by atoms with van der Waals surface area (Å²) < 4.78 is 6.54. The third kappa shape index (κ3) is 4.27. The molecule has 0 saturated carbocycles. The molecule has 0 unspecified atom stereocenters. The van der Waals surface area contributed by atoms with Crippen LogP contribution in [0.5, 0.6) is 5.75 Å². The Hall–Kier alpha value is -2.88. The molecule has 0 saturated heterocycles. The van der Waals surface area contributed by atoms with Crippen molar-refractivity contribution >= 4 is 29.1 Å². The van der Waals surface area contributed by atoms with E-state index in [1.54, 1.807) is 31.4 Å². The molecule has 9 nitrogen and oxygen atoms in total. The van der Waals surface area contributed by atoms with Crippen LogP contribution in [-0.4, -0.2) is 43.6 Å². The number of ether oxygens (including phenoxy) is 1. The first-order valence-corrected chi connectivity index (χ1v) is 9.19. The molecule has 3 rings (SSSR count). The average molecular weight is 388 g/mol. The predicted octanol–water partition coefficient (Wildman–Crippen LogP) is 1.85. The number of rotatable bonds is 5. The summed E-state index contributed by atoms with van der Waals surface area (Å²) in [6, 6.07) is 7.05. The number of carbonyl (C=O) groups excluding carboxylic acids is 1. The molecule has 2 aromatic heterocycles. The van der Waals surface area contributed by atoms with E-state index >= 15 is 0 Å². The first kappa shape index (κ1) is 18.9. The molecule has 0 aliphatic carbocycles. The summed E-state index contributed by atoms with van der Waals surface area (Å²) in [6.45, 7) is 5.70. The molecule has 3 aromatic rings. The lowest BCUT2D eigenvalue weighted by Crippen LogP contribution is -2.28. The standard InChI is InChI=1S/C17H20N6O3S/c1-17(2,3)13-14(25)19-15-20-21-16(23(15)22-13)27-9-12(24)18-10-5-7-11(26-4)8-6-10/h5-8H,9H2,1-4H3,(H,18,24)(H,19,20,25). The number of aromatic amines is 1. The van der Waals surface area contributed by atoms with Gasteiger partial charge in [-0.1, -0.05) is 32.5 Å². The zero-order valence-corrected chi connectivity index (χ0v) is 16.3. The molecule has 0 spiro atoms. The van der Waals surface area contributed by atoms with E-state index < -0.39 is 5.41 Å². The number of aromatic nitrogens is 5. The van der Waals surface area contributed by atoms with E-state index in [-0.39, 0.29) is 23.0 Å². The van der Waals surface area contributed by atoms with Crippen LogP contribution in [0.3, 0.4) is 0 Å². The monoisotopic (exact) mass is 388 g/mol. The normalized spacial score (nSPS) is 11.6. The van der Waals surface area contributed by atoms with Crippen molar-refractivity contribution in [2.45, 2.75) is 31.3 Å². The number of H-pyrrole nitrogens is 1. The number of amides is 1. The highest BCUT2D eigenvalue weighted by Crippen LogP contribution is 2.20. The molecule has 142 valence electrons. The Balaban J connectivity index is 1.72. The fraction of sp³-hybridized carbons (Fsp3) is 0.353. The third-order valence-corrected chi connectivity index (χ3v) is 4.59. The minimum Gasteiger partial charge on any atom is -0.497 e. The van der Waals surface area contributed by atoms with Crippen LogP contribution in [0.25, 0.3) is 5.78 Å².